The lowest BCUT2D eigenvalue weighted by molar-refractivity contribution is -0.125. The number of nitrogens with one attached hydrogen (secondary N) is 2. The highest BCUT2D eigenvalue weighted by atomic mass is 16.5. The zero-order valence-electron chi connectivity index (χ0n) is 15.5. The number of methoxy groups -OCH3 is 1. The minimum atomic E-state index is -0.0691. The SMILES string of the molecule is CCC(=O)C1CCC(NC(=O)CCOCCNC(=O)CCOC)CC1. The lowest BCUT2D eigenvalue weighted by Crippen LogP contribution is -2.39. The Labute approximate surface area is 150 Å². The minimum Gasteiger partial charge on any atom is -0.384 e. The van der Waals surface area contributed by atoms with Crippen LogP contribution in [-0.2, 0) is 23.9 Å². The van der Waals surface area contributed by atoms with Crippen molar-refractivity contribution in [1.29, 1.82) is 0 Å². The van der Waals surface area contributed by atoms with Crippen molar-refractivity contribution in [2.24, 2.45) is 5.92 Å². The van der Waals surface area contributed by atoms with E-state index in [1.165, 1.54) is 0 Å². The van der Waals surface area contributed by atoms with E-state index in [9.17, 15) is 14.4 Å². The number of hydrogen-bond donors (Lipinski definition) is 2. The number of Topliss-reactive ketones (excluding diaryl/α,β-unsaturated/α-hetero) is 1. The van der Waals surface area contributed by atoms with E-state index in [0.29, 0.717) is 51.4 Å². The molecule has 0 atom stereocenters. The molecule has 1 fully saturated rings. The Bertz CT molecular complexity index is 420. The van der Waals surface area contributed by atoms with Crippen LogP contribution in [0.4, 0.5) is 0 Å². The maximum Gasteiger partial charge on any atom is 0.222 e. The Balaban J connectivity index is 2.01. The number of carbonyl (C=O) groups is 3. The van der Waals surface area contributed by atoms with Crippen LogP contribution in [0.15, 0.2) is 0 Å². The topological polar surface area (TPSA) is 93.7 Å². The van der Waals surface area contributed by atoms with Gasteiger partial charge in [-0.2, -0.15) is 0 Å². The Morgan fingerprint density at radius 3 is 2.28 bits per heavy atom. The molecule has 0 aromatic rings. The first-order valence-corrected chi connectivity index (χ1v) is 9.22. The Hall–Kier alpha value is -1.47. The molecule has 0 bridgehead atoms. The zero-order chi connectivity index (χ0) is 18.5. The molecule has 0 radical (unpaired) electrons. The standard InChI is InChI=1S/C18H32N2O5/c1-3-16(21)14-4-6-15(7-5-14)20-18(23)9-12-25-13-10-19-17(22)8-11-24-2/h14-15H,3-13H2,1-2H3,(H,19,22)(H,20,23). The predicted molar refractivity (Wildman–Crippen MR) is 94.1 cm³/mol. The van der Waals surface area contributed by atoms with Crippen LogP contribution in [-0.4, -0.2) is 57.1 Å². The van der Waals surface area contributed by atoms with E-state index in [-0.39, 0.29) is 23.8 Å². The second-order valence-electron chi connectivity index (χ2n) is 6.39. The molecule has 0 aliphatic heterocycles. The van der Waals surface area contributed by atoms with Gasteiger partial charge in [0.15, 0.2) is 0 Å². The average molecular weight is 356 g/mol. The zero-order valence-corrected chi connectivity index (χ0v) is 15.5. The first-order chi connectivity index (χ1) is 12.1. The van der Waals surface area contributed by atoms with Crippen LogP contribution < -0.4 is 10.6 Å². The first-order valence-electron chi connectivity index (χ1n) is 9.22. The van der Waals surface area contributed by atoms with Crippen molar-refractivity contribution in [1.82, 2.24) is 10.6 Å². The van der Waals surface area contributed by atoms with Crippen molar-refractivity contribution >= 4 is 17.6 Å². The second kappa shape index (κ2) is 12.8. The molecule has 2 N–H and O–H groups in total. The van der Waals surface area contributed by atoms with Gasteiger partial charge in [0.05, 0.1) is 19.8 Å². The normalized spacial score (nSPS) is 20.1. The van der Waals surface area contributed by atoms with Crippen molar-refractivity contribution in [2.45, 2.75) is 57.9 Å². The Kier molecular flexibility index (Phi) is 11.1. The van der Waals surface area contributed by atoms with Crippen molar-refractivity contribution in [3.63, 3.8) is 0 Å². The summed E-state index contributed by atoms with van der Waals surface area (Å²) in [6.07, 6.45) is 4.74. The molecule has 2 amide bonds. The fraction of sp³-hybridized carbons (Fsp3) is 0.833. The molecular formula is C18H32N2O5. The van der Waals surface area contributed by atoms with Gasteiger partial charge >= 0.3 is 0 Å². The Morgan fingerprint density at radius 2 is 1.64 bits per heavy atom. The summed E-state index contributed by atoms with van der Waals surface area (Å²) in [5.74, 6) is 0.433. The van der Waals surface area contributed by atoms with Crippen molar-refractivity contribution in [2.75, 3.05) is 33.5 Å². The van der Waals surface area contributed by atoms with Gasteiger partial charge in [-0.15, -0.1) is 0 Å². The highest BCUT2D eigenvalue weighted by Gasteiger charge is 2.25. The summed E-state index contributed by atoms with van der Waals surface area (Å²) < 4.78 is 10.2. The number of carbonyl (C=O) groups excluding carboxylic acids is 3. The van der Waals surface area contributed by atoms with E-state index >= 15 is 0 Å². The van der Waals surface area contributed by atoms with Crippen LogP contribution in [0.1, 0.15) is 51.9 Å². The Morgan fingerprint density at radius 1 is 0.960 bits per heavy atom. The molecule has 1 aliphatic carbocycles. The highest BCUT2D eigenvalue weighted by molar-refractivity contribution is 5.81. The van der Waals surface area contributed by atoms with Crippen LogP contribution in [0.25, 0.3) is 0 Å². The summed E-state index contributed by atoms with van der Waals surface area (Å²) in [5, 5.41) is 5.73. The summed E-state index contributed by atoms with van der Waals surface area (Å²) in [7, 11) is 1.55. The molecular weight excluding hydrogens is 324 g/mol. The number of amides is 2. The molecule has 25 heavy (non-hydrogen) atoms. The van der Waals surface area contributed by atoms with Gasteiger partial charge in [0, 0.05) is 44.9 Å². The minimum absolute atomic E-state index is 0.0191. The van der Waals surface area contributed by atoms with Gasteiger partial charge < -0.3 is 20.1 Å². The van der Waals surface area contributed by atoms with E-state index in [0.717, 1.165) is 25.7 Å². The van der Waals surface area contributed by atoms with Gasteiger partial charge in [0.25, 0.3) is 0 Å². The second-order valence-corrected chi connectivity index (χ2v) is 6.39. The van der Waals surface area contributed by atoms with Gasteiger partial charge in [-0.25, -0.2) is 0 Å². The highest BCUT2D eigenvalue weighted by Crippen LogP contribution is 2.25. The lowest BCUT2D eigenvalue weighted by atomic mass is 9.83. The van der Waals surface area contributed by atoms with Crippen LogP contribution in [0.5, 0.6) is 0 Å². The number of rotatable bonds is 12. The van der Waals surface area contributed by atoms with Crippen LogP contribution in [0.3, 0.4) is 0 Å². The number of hydrogen-bond acceptors (Lipinski definition) is 5. The van der Waals surface area contributed by atoms with E-state index in [2.05, 4.69) is 10.6 Å². The maximum atomic E-state index is 11.9. The van der Waals surface area contributed by atoms with E-state index in [1.54, 1.807) is 7.11 Å². The molecule has 1 saturated carbocycles. The maximum absolute atomic E-state index is 11.9. The molecule has 1 aliphatic rings. The fourth-order valence-electron chi connectivity index (χ4n) is 2.96. The van der Waals surface area contributed by atoms with E-state index < -0.39 is 0 Å². The van der Waals surface area contributed by atoms with Crippen molar-refractivity contribution in [3.8, 4) is 0 Å². The van der Waals surface area contributed by atoms with Gasteiger partial charge in [-0.05, 0) is 25.7 Å². The summed E-state index contributed by atoms with van der Waals surface area (Å²) in [6.45, 7) is 3.46. The van der Waals surface area contributed by atoms with E-state index in [1.807, 2.05) is 6.92 Å². The summed E-state index contributed by atoms with van der Waals surface area (Å²) in [4.78, 5) is 34.9. The molecule has 7 nitrogen and oxygen atoms in total. The molecule has 0 unspecified atom stereocenters. The third kappa shape index (κ3) is 9.55. The smallest absolute Gasteiger partial charge is 0.222 e. The summed E-state index contributed by atoms with van der Waals surface area (Å²) in [6, 6.07) is 0.175. The molecule has 0 spiro atoms. The lowest BCUT2D eigenvalue weighted by Gasteiger charge is -2.28. The molecule has 0 heterocycles. The van der Waals surface area contributed by atoms with Crippen LogP contribution in [0, 0.1) is 5.92 Å². The summed E-state index contributed by atoms with van der Waals surface area (Å²) >= 11 is 0. The molecule has 144 valence electrons. The molecule has 1 rings (SSSR count). The van der Waals surface area contributed by atoms with Crippen LogP contribution in [0.2, 0.25) is 0 Å². The molecule has 0 saturated heterocycles. The number of ether oxygens (including phenoxy) is 2. The van der Waals surface area contributed by atoms with Gasteiger partial charge in [-0.3, -0.25) is 14.4 Å². The fourth-order valence-corrected chi connectivity index (χ4v) is 2.96. The van der Waals surface area contributed by atoms with Gasteiger partial charge in [0.1, 0.15) is 5.78 Å². The largest absolute Gasteiger partial charge is 0.384 e. The molecule has 0 aromatic heterocycles. The van der Waals surface area contributed by atoms with Gasteiger partial charge in [-0.1, -0.05) is 6.92 Å². The first kappa shape index (κ1) is 21.6. The molecule has 0 aromatic carbocycles. The predicted octanol–water partition coefficient (Wildman–Crippen LogP) is 1.20. The van der Waals surface area contributed by atoms with E-state index in [4.69, 9.17) is 9.47 Å². The third-order valence-electron chi connectivity index (χ3n) is 4.47. The quantitative estimate of drug-likeness (QED) is 0.513. The van der Waals surface area contributed by atoms with Crippen molar-refractivity contribution in [3.05, 3.63) is 0 Å². The van der Waals surface area contributed by atoms with Crippen LogP contribution >= 0.6 is 0 Å². The monoisotopic (exact) mass is 356 g/mol. The number of ketones is 1. The van der Waals surface area contributed by atoms with Gasteiger partial charge in [0.2, 0.25) is 11.8 Å². The summed E-state index contributed by atoms with van der Waals surface area (Å²) in [5.41, 5.74) is 0. The van der Waals surface area contributed by atoms with Crippen molar-refractivity contribution < 1.29 is 23.9 Å². The third-order valence-corrected chi connectivity index (χ3v) is 4.47. The molecule has 7 heteroatoms. The average Bonchev–Trinajstić information content (AvgIpc) is 2.62.